The Morgan fingerprint density at radius 2 is 1.85 bits per heavy atom. The highest BCUT2D eigenvalue weighted by atomic mass is 16.1. The van der Waals surface area contributed by atoms with E-state index in [0.717, 1.165) is 24.0 Å². The zero-order chi connectivity index (χ0) is 18.5. The molecule has 0 radical (unpaired) electrons. The Labute approximate surface area is 158 Å². The molecule has 0 aliphatic heterocycles. The predicted octanol–water partition coefficient (Wildman–Crippen LogP) is 5.19. The van der Waals surface area contributed by atoms with Crippen molar-refractivity contribution in [1.29, 1.82) is 0 Å². The van der Waals surface area contributed by atoms with Gasteiger partial charge in [0.1, 0.15) is 0 Å². The first kappa shape index (κ1) is 17.0. The lowest BCUT2D eigenvalue weighted by molar-refractivity contribution is -0.116. The smallest absolute Gasteiger partial charge is 0.224 e. The molecular weight excluding hydrogens is 334 g/mol. The first-order valence-corrected chi connectivity index (χ1v) is 9.14. The van der Waals surface area contributed by atoms with Crippen molar-refractivity contribution >= 4 is 22.5 Å². The Morgan fingerprint density at radius 1 is 1.00 bits per heavy atom. The second-order valence-electron chi connectivity index (χ2n) is 6.62. The normalized spacial score (nSPS) is 10.8. The van der Waals surface area contributed by atoms with Crippen LogP contribution in [0, 0.1) is 0 Å². The highest BCUT2D eigenvalue weighted by molar-refractivity contribution is 5.90. The first-order chi connectivity index (χ1) is 13.3. The van der Waals surface area contributed by atoms with Crippen LogP contribution in [0.3, 0.4) is 0 Å². The van der Waals surface area contributed by atoms with Gasteiger partial charge in [-0.15, -0.1) is 0 Å². The third-order valence-electron chi connectivity index (χ3n) is 4.66. The van der Waals surface area contributed by atoms with Crippen LogP contribution in [0.4, 0.5) is 5.69 Å². The molecule has 0 atom stereocenters. The monoisotopic (exact) mass is 355 g/mol. The number of nitrogens with one attached hydrogen (secondary N) is 2. The van der Waals surface area contributed by atoms with Crippen LogP contribution >= 0.6 is 0 Å². The van der Waals surface area contributed by atoms with Gasteiger partial charge in [0.2, 0.25) is 5.91 Å². The standard InChI is InChI=1S/C23H21N3O/c27-23(26-21-4-2-13-24-16-21)5-1-3-17-6-8-18(9-7-17)19-10-11-22-20(15-19)12-14-25-22/h2,4,6-16,25H,1,3,5H2,(H,26,27). The Morgan fingerprint density at radius 3 is 2.67 bits per heavy atom. The summed E-state index contributed by atoms with van der Waals surface area (Å²) in [4.78, 5) is 19.2. The van der Waals surface area contributed by atoms with Crippen molar-refractivity contribution < 1.29 is 4.79 Å². The lowest BCUT2D eigenvalue weighted by Gasteiger charge is -2.06. The highest BCUT2D eigenvalue weighted by Gasteiger charge is 2.04. The maximum atomic E-state index is 12.0. The van der Waals surface area contributed by atoms with Crippen molar-refractivity contribution in [3.05, 3.63) is 84.8 Å². The minimum Gasteiger partial charge on any atom is -0.361 e. The molecule has 2 aromatic heterocycles. The lowest BCUT2D eigenvalue weighted by Crippen LogP contribution is -2.11. The highest BCUT2D eigenvalue weighted by Crippen LogP contribution is 2.24. The Kier molecular flexibility index (Phi) is 4.97. The number of benzene rings is 2. The van der Waals surface area contributed by atoms with Crippen LogP contribution in [0.5, 0.6) is 0 Å². The molecule has 27 heavy (non-hydrogen) atoms. The van der Waals surface area contributed by atoms with Crippen molar-refractivity contribution in [2.24, 2.45) is 0 Å². The summed E-state index contributed by atoms with van der Waals surface area (Å²) in [6.07, 6.45) is 7.51. The quantitative estimate of drug-likeness (QED) is 0.500. The fourth-order valence-electron chi connectivity index (χ4n) is 3.21. The van der Waals surface area contributed by atoms with Gasteiger partial charge in [-0.1, -0.05) is 30.3 Å². The van der Waals surface area contributed by atoms with Gasteiger partial charge in [0.05, 0.1) is 11.9 Å². The van der Waals surface area contributed by atoms with Gasteiger partial charge in [0.15, 0.2) is 0 Å². The molecule has 4 heteroatoms. The Balaban J connectivity index is 1.32. The van der Waals surface area contributed by atoms with E-state index in [2.05, 4.69) is 63.8 Å². The third kappa shape index (κ3) is 4.23. The Hall–Kier alpha value is -3.40. The molecule has 0 saturated heterocycles. The van der Waals surface area contributed by atoms with E-state index in [4.69, 9.17) is 0 Å². The number of aryl methyl sites for hydroxylation is 1. The van der Waals surface area contributed by atoms with Gasteiger partial charge in [-0.3, -0.25) is 9.78 Å². The van der Waals surface area contributed by atoms with E-state index in [1.807, 2.05) is 18.3 Å². The number of nitrogens with zero attached hydrogens (tertiary/aromatic N) is 1. The molecule has 2 N–H and O–H groups in total. The molecule has 0 unspecified atom stereocenters. The maximum absolute atomic E-state index is 12.0. The molecule has 2 heterocycles. The summed E-state index contributed by atoms with van der Waals surface area (Å²) in [5.41, 5.74) is 5.56. The van der Waals surface area contributed by atoms with Gasteiger partial charge in [0.25, 0.3) is 0 Å². The van der Waals surface area contributed by atoms with Crippen molar-refractivity contribution in [2.45, 2.75) is 19.3 Å². The topological polar surface area (TPSA) is 57.8 Å². The van der Waals surface area contributed by atoms with Crippen molar-refractivity contribution in [1.82, 2.24) is 9.97 Å². The zero-order valence-corrected chi connectivity index (χ0v) is 15.0. The number of rotatable bonds is 6. The summed E-state index contributed by atoms with van der Waals surface area (Å²) >= 11 is 0. The molecule has 4 rings (SSSR count). The summed E-state index contributed by atoms with van der Waals surface area (Å²) in [6, 6.07) is 20.8. The molecule has 134 valence electrons. The van der Waals surface area contributed by atoms with Crippen LogP contribution in [0.2, 0.25) is 0 Å². The average Bonchev–Trinajstić information content (AvgIpc) is 3.17. The third-order valence-corrected chi connectivity index (χ3v) is 4.66. The number of amides is 1. The van der Waals surface area contributed by atoms with Crippen LogP contribution in [0.25, 0.3) is 22.0 Å². The fourth-order valence-corrected chi connectivity index (χ4v) is 3.21. The van der Waals surface area contributed by atoms with Crippen LogP contribution in [0.1, 0.15) is 18.4 Å². The molecular formula is C23H21N3O. The van der Waals surface area contributed by atoms with Crippen LogP contribution in [-0.4, -0.2) is 15.9 Å². The molecule has 0 fully saturated rings. The summed E-state index contributed by atoms with van der Waals surface area (Å²) in [5, 5.41) is 4.09. The molecule has 0 aliphatic rings. The number of carbonyl (C=O) groups is 1. The number of aromatic nitrogens is 2. The van der Waals surface area contributed by atoms with Gasteiger partial charge in [0, 0.05) is 24.3 Å². The average molecular weight is 355 g/mol. The number of hydrogen-bond donors (Lipinski definition) is 2. The van der Waals surface area contributed by atoms with E-state index in [9.17, 15) is 4.79 Å². The summed E-state index contributed by atoms with van der Waals surface area (Å²) in [7, 11) is 0. The van der Waals surface area contributed by atoms with E-state index >= 15 is 0 Å². The molecule has 2 aromatic carbocycles. The van der Waals surface area contributed by atoms with Crippen molar-refractivity contribution in [3.63, 3.8) is 0 Å². The molecule has 1 amide bonds. The van der Waals surface area contributed by atoms with Gasteiger partial charge >= 0.3 is 0 Å². The molecule has 4 aromatic rings. The van der Waals surface area contributed by atoms with Crippen molar-refractivity contribution in [3.8, 4) is 11.1 Å². The lowest BCUT2D eigenvalue weighted by atomic mass is 10.0. The van der Waals surface area contributed by atoms with E-state index < -0.39 is 0 Å². The summed E-state index contributed by atoms with van der Waals surface area (Å²) in [6.45, 7) is 0. The molecule has 0 aliphatic carbocycles. The van der Waals surface area contributed by atoms with Gasteiger partial charge in [-0.2, -0.15) is 0 Å². The molecule has 0 spiro atoms. The van der Waals surface area contributed by atoms with Crippen LogP contribution < -0.4 is 5.32 Å². The van der Waals surface area contributed by atoms with E-state index in [1.165, 1.54) is 22.1 Å². The van der Waals surface area contributed by atoms with Gasteiger partial charge in [-0.25, -0.2) is 0 Å². The fraction of sp³-hybridized carbons (Fsp3) is 0.130. The first-order valence-electron chi connectivity index (χ1n) is 9.14. The number of fused-ring (bicyclic) bond motifs is 1. The number of pyridine rings is 1. The predicted molar refractivity (Wildman–Crippen MR) is 110 cm³/mol. The van der Waals surface area contributed by atoms with Gasteiger partial charge < -0.3 is 10.3 Å². The largest absolute Gasteiger partial charge is 0.361 e. The summed E-state index contributed by atoms with van der Waals surface area (Å²) < 4.78 is 0. The van der Waals surface area contributed by atoms with Crippen LogP contribution in [-0.2, 0) is 11.2 Å². The second-order valence-corrected chi connectivity index (χ2v) is 6.62. The number of hydrogen-bond acceptors (Lipinski definition) is 2. The van der Waals surface area contributed by atoms with Gasteiger partial charge in [-0.05, 0) is 65.3 Å². The molecule has 0 bridgehead atoms. The second kappa shape index (κ2) is 7.87. The molecule has 0 saturated carbocycles. The summed E-state index contributed by atoms with van der Waals surface area (Å²) in [5.74, 6) is 0.0272. The van der Waals surface area contributed by atoms with E-state index in [1.54, 1.807) is 12.4 Å². The number of anilines is 1. The zero-order valence-electron chi connectivity index (χ0n) is 15.0. The van der Waals surface area contributed by atoms with Crippen LogP contribution in [0.15, 0.2) is 79.3 Å². The number of H-pyrrole nitrogens is 1. The molecule has 4 nitrogen and oxygen atoms in total. The number of carbonyl (C=O) groups excluding carboxylic acids is 1. The minimum atomic E-state index is 0.0272. The van der Waals surface area contributed by atoms with E-state index in [-0.39, 0.29) is 5.91 Å². The minimum absolute atomic E-state index is 0.0272. The van der Waals surface area contributed by atoms with Crippen molar-refractivity contribution in [2.75, 3.05) is 5.32 Å². The number of aromatic amines is 1. The van der Waals surface area contributed by atoms with E-state index in [0.29, 0.717) is 6.42 Å². The Bertz CT molecular complexity index is 1040. The SMILES string of the molecule is O=C(CCCc1ccc(-c2ccc3[nH]ccc3c2)cc1)Nc1cccnc1. The maximum Gasteiger partial charge on any atom is 0.224 e.